The summed E-state index contributed by atoms with van der Waals surface area (Å²) in [5, 5.41) is 7.18. The third kappa shape index (κ3) is 2.52. The van der Waals surface area contributed by atoms with Gasteiger partial charge in [-0.1, -0.05) is 6.07 Å². The summed E-state index contributed by atoms with van der Waals surface area (Å²) in [6.07, 6.45) is 5.07. The van der Waals surface area contributed by atoms with Crippen LogP contribution in [-0.4, -0.2) is 26.3 Å². The molecule has 5 nitrogen and oxygen atoms in total. The van der Waals surface area contributed by atoms with E-state index in [1.807, 2.05) is 25.3 Å². The molecule has 0 atom stereocenters. The minimum absolute atomic E-state index is 0.708. The largest absolute Gasteiger partial charge is 0.370 e. The average Bonchev–Trinajstić information content (AvgIpc) is 2.74. The molecule has 0 aliphatic heterocycles. The van der Waals surface area contributed by atoms with E-state index in [2.05, 4.69) is 20.4 Å². The molecular formula is C10H13N5. The molecule has 0 aliphatic rings. The highest BCUT2D eigenvalue weighted by atomic mass is 15.3. The number of nitrogens with zero attached hydrogens (tertiary/aromatic N) is 4. The highest BCUT2D eigenvalue weighted by Gasteiger charge is 1.96. The molecule has 0 aromatic carbocycles. The lowest BCUT2D eigenvalue weighted by Crippen LogP contribution is -2.02. The summed E-state index contributed by atoms with van der Waals surface area (Å²) in [4.78, 5) is 8.16. The van der Waals surface area contributed by atoms with Gasteiger partial charge in [-0.25, -0.2) is 14.6 Å². The predicted molar refractivity (Wildman–Crippen MR) is 57.5 cm³/mol. The van der Waals surface area contributed by atoms with Gasteiger partial charge in [-0.15, -0.1) is 0 Å². The van der Waals surface area contributed by atoms with Crippen LogP contribution in [0.5, 0.6) is 0 Å². The van der Waals surface area contributed by atoms with Crippen LogP contribution in [0.15, 0.2) is 31.0 Å². The van der Waals surface area contributed by atoms with Crippen molar-refractivity contribution in [1.29, 1.82) is 0 Å². The maximum absolute atomic E-state index is 4.28. The zero-order chi connectivity index (χ0) is 10.5. The van der Waals surface area contributed by atoms with E-state index in [1.165, 1.54) is 6.33 Å². The molecule has 0 saturated heterocycles. The minimum atomic E-state index is 0.708. The van der Waals surface area contributed by atoms with Gasteiger partial charge >= 0.3 is 0 Å². The second-order valence-corrected chi connectivity index (χ2v) is 3.18. The molecule has 0 amide bonds. The van der Waals surface area contributed by atoms with Crippen LogP contribution in [0.4, 0.5) is 5.82 Å². The number of anilines is 1. The van der Waals surface area contributed by atoms with E-state index in [1.54, 1.807) is 11.0 Å². The van der Waals surface area contributed by atoms with Gasteiger partial charge in [0.2, 0.25) is 0 Å². The summed E-state index contributed by atoms with van der Waals surface area (Å²) >= 11 is 0. The van der Waals surface area contributed by atoms with Crippen LogP contribution in [0, 0.1) is 0 Å². The van der Waals surface area contributed by atoms with E-state index in [4.69, 9.17) is 0 Å². The second kappa shape index (κ2) is 4.54. The van der Waals surface area contributed by atoms with Crippen LogP contribution in [0.25, 0.3) is 0 Å². The standard InChI is InChI=1S/C10H13N5/c1-2-12-10-4-3-9(5-13-10)6-15-8-11-7-14-15/h3-5,7-8H,2,6H2,1H3,(H,12,13). The first-order valence-corrected chi connectivity index (χ1v) is 4.89. The second-order valence-electron chi connectivity index (χ2n) is 3.18. The molecular weight excluding hydrogens is 190 g/mol. The molecule has 0 unspecified atom stereocenters. The van der Waals surface area contributed by atoms with Crippen molar-refractivity contribution in [2.45, 2.75) is 13.5 Å². The molecule has 0 bridgehead atoms. The molecule has 0 fully saturated rings. The lowest BCUT2D eigenvalue weighted by atomic mass is 10.3. The van der Waals surface area contributed by atoms with Crippen molar-refractivity contribution in [2.75, 3.05) is 11.9 Å². The van der Waals surface area contributed by atoms with Gasteiger partial charge in [-0.2, -0.15) is 5.10 Å². The molecule has 0 saturated carbocycles. The van der Waals surface area contributed by atoms with Crippen LogP contribution in [0.2, 0.25) is 0 Å². The van der Waals surface area contributed by atoms with Gasteiger partial charge in [0, 0.05) is 12.7 Å². The molecule has 0 aliphatic carbocycles. The lowest BCUT2D eigenvalue weighted by Gasteiger charge is -2.03. The Kier molecular flexibility index (Phi) is 2.92. The third-order valence-corrected chi connectivity index (χ3v) is 1.99. The number of rotatable bonds is 4. The van der Waals surface area contributed by atoms with E-state index < -0.39 is 0 Å². The summed E-state index contributed by atoms with van der Waals surface area (Å²) in [6.45, 7) is 3.64. The van der Waals surface area contributed by atoms with E-state index in [-0.39, 0.29) is 0 Å². The van der Waals surface area contributed by atoms with Gasteiger partial charge in [0.1, 0.15) is 18.5 Å². The molecule has 1 N–H and O–H groups in total. The Balaban J connectivity index is 2.04. The Hall–Kier alpha value is -1.91. The monoisotopic (exact) mass is 203 g/mol. The quantitative estimate of drug-likeness (QED) is 0.810. The summed E-state index contributed by atoms with van der Waals surface area (Å²) in [5.74, 6) is 0.903. The molecule has 5 heteroatoms. The third-order valence-electron chi connectivity index (χ3n) is 1.99. The van der Waals surface area contributed by atoms with Gasteiger partial charge in [0.05, 0.1) is 6.54 Å². The Morgan fingerprint density at radius 3 is 2.93 bits per heavy atom. The van der Waals surface area contributed by atoms with E-state index in [0.29, 0.717) is 6.54 Å². The molecule has 0 radical (unpaired) electrons. The predicted octanol–water partition coefficient (Wildman–Crippen LogP) is 1.15. The fraction of sp³-hybridized carbons (Fsp3) is 0.300. The number of pyridine rings is 1. The Morgan fingerprint density at radius 2 is 2.33 bits per heavy atom. The summed E-state index contributed by atoms with van der Waals surface area (Å²) in [7, 11) is 0. The average molecular weight is 203 g/mol. The fourth-order valence-electron chi connectivity index (χ4n) is 1.31. The molecule has 15 heavy (non-hydrogen) atoms. The Labute approximate surface area is 88.2 Å². The minimum Gasteiger partial charge on any atom is -0.370 e. The van der Waals surface area contributed by atoms with Gasteiger partial charge in [0.25, 0.3) is 0 Å². The van der Waals surface area contributed by atoms with Crippen molar-refractivity contribution in [2.24, 2.45) is 0 Å². The van der Waals surface area contributed by atoms with Gasteiger partial charge in [-0.3, -0.25) is 0 Å². The Morgan fingerprint density at radius 1 is 1.40 bits per heavy atom. The maximum atomic E-state index is 4.28. The number of hydrogen-bond acceptors (Lipinski definition) is 4. The molecule has 2 rings (SSSR count). The topological polar surface area (TPSA) is 55.6 Å². The van der Waals surface area contributed by atoms with Crippen LogP contribution >= 0.6 is 0 Å². The van der Waals surface area contributed by atoms with Gasteiger partial charge < -0.3 is 5.32 Å². The lowest BCUT2D eigenvalue weighted by molar-refractivity contribution is 0.683. The van der Waals surface area contributed by atoms with Crippen molar-refractivity contribution < 1.29 is 0 Å². The molecule has 2 aromatic heterocycles. The molecule has 78 valence electrons. The molecule has 2 heterocycles. The zero-order valence-corrected chi connectivity index (χ0v) is 8.59. The number of aromatic nitrogens is 4. The first-order chi connectivity index (χ1) is 7.38. The van der Waals surface area contributed by atoms with Crippen molar-refractivity contribution in [3.8, 4) is 0 Å². The first-order valence-electron chi connectivity index (χ1n) is 4.89. The summed E-state index contributed by atoms with van der Waals surface area (Å²) < 4.78 is 1.77. The number of hydrogen-bond donors (Lipinski definition) is 1. The SMILES string of the molecule is CCNc1ccc(Cn2cncn2)cn1. The van der Waals surface area contributed by atoms with Crippen LogP contribution < -0.4 is 5.32 Å². The van der Waals surface area contributed by atoms with Gasteiger partial charge in [-0.05, 0) is 18.6 Å². The van der Waals surface area contributed by atoms with Gasteiger partial charge in [0.15, 0.2) is 0 Å². The number of nitrogens with one attached hydrogen (secondary N) is 1. The van der Waals surface area contributed by atoms with Crippen molar-refractivity contribution in [3.05, 3.63) is 36.5 Å². The van der Waals surface area contributed by atoms with E-state index in [9.17, 15) is 0 Å². The van der Waals surface area contributed by atoms with E-state index in [0.717, 1.165) is 17.9 Å². The summed E-state index contributed by atoms with van der Waals surface area (Å²) in [6, 6.07) is 4.00. The maximum Gasteiger partial charge on any atom is 0.137 e. The van der Waals surface area contributed by atoms with Crippen molar-refractivity contribution in [3.63, 3.8) is 0 Å². The highest BCUT2D eigenvalue weighted by molar-refractivity contribution is 5.35. The van der Waals surface area contributed by atoms with Crippen molar-refractivity contribution >= 4 is 5.82 Å². The zero-order valence-electron chi connectivity index (χ0n) is 8.59. The summed E-state index contributed by atoms with van der Waals surface area (Å²) in [5.41, 5.74) is 1.11. The highest BCUT2D eigenvalue weighted by Crippen LogP contribution is 2.05. The van der Waals surface area contributed by atoms with E-state index >= 15 is 0 Å². The van der Waals surface area contributed by atoms with Crippen LogP contribution in [0.3, 0.4) is 0 Å². The molecule has 0 spiro atoms. The molecule has 2 aromatic rings. The normalized spacial score (nSPS) is 10.2. The first kappa shape index (κ1) is 9.64. The Bertz CT molecular complexity index is 392. The van der Waals surface area contributed by atoms with Crippen LogP contribution in [-0.2, 0) is 6.54 Å². The van der Waals surface area contributed by atoms with Crippen molar-refractivity contribution in [1.82, 2.24) is 19.7 Å². The smallest absolute Gasteiger partial charge is 0.137 e. The fourth-order valence-corrected chi connectivity index (χ4v) is 1.31. The van der Waals surface area contributed by atoms with Crippen LogP contribution in [0.1, 0.15) is 12.5 Å².